The summed E-state index contributed by atoms with van der Waals surface area (Å²) in [5, 5.41) is 7.64. The van der Waals surface area contributed by atoms with Crippen molar-refractivity contribution in [2.75, 3.05) is 26.0 Å². The van der Waals surface area contributed by atoms with Crippen molar-refractivity contribution in [1.29, 1.82) is 0 Å². The van der Waals surface area contributed by atoms with Gasteiger partial charge in [0.1, 0.15) is 5.82 Å². The molecule has 0 unspecified atom stereocenters. The Balaban J connectivity index is 3.00. The van der Waals surface area contributed by atoms with Gasteiger partial charge in [0.15, 0.2) is 0 Å². The molecule has 1 rings (SSSR count). The van der Waals surface area contributed by atoms with Crippen LogP contribution in [-0.2, 0) is 6.54 Å². The summed E-state index contributed by atoms with van der Waals surface area (Å²) in [4.78, 5) is 2.09. The van der Waals surface area contributed by atoms with Crippen molar-refractivity contribution in [2.24, 2.45) is 0 Å². The van der Waals surface area contributed by atoms with Gasteiger partial charge in [-0.25, -0.2) is 4.68 Å². The molecule has 0 amide bonds. The maximum atomic E-state index is 4.53. The molecule has 0 saturated carbocycles. The highest BCUT2D eigenvalue weighted by atomic mass is 15.4. The number of hydrogen-bond acceptors (Lipinski definition) is 3. The predicted octanol–water partition coefficient (Wildman–Crippen LogP) is 1.25. The minimum absolute atomic E-state index is 0.401. The van der Waals surface area contributed by atoms with Gasteiger partial charge in [0, 0.05) is 32.7 Å². The average molecular weight is 196 g/mol. The SMILES string of the molecule is CNCc1cc(N(C)C)n(C(C)C)n1. The Labute approximate surface area is 85.9 Å². The van der Waals surface area contributed by atoms with E-state index in [0.717, 1.165) is 18.1 Å². The van der Waals surface area contributed by atoms with Crippen molar-refractivity contribution in [3.63, 3.8) is 0 Å². The number of aromatic nitrogens is 2. The van der Waals surface area contributed by atoms with Crippen LogP contribution in [0.2, 0.25) is 0 Å². The van der Waals surface area contributed by atoms with E-state index in [-0.39, 0.29) is 0 Å². The molecule has 0 saturated heterocycles. The summed E-state index contributed by atoms with van der Waals surface area (Å²) in [6.07, 6.45) is 0. The number of hydrogen-bond donors (Lipinski definition) is 1. The number of anilines is 1. The first-order valence-electron chi connectivity index (χ1n) is 4.96. The maximum Gasteiger partial charge on any atom is 0.126 e. The monoisotopic (exact) mass is 196 g/mol. The molecule has 0 spiro atoms. The Morgan fingerprint density at radius 2 is 2.14 bits per heavy atom. The molecule has 80 valence electrons. The van der Waals surface area contributed by atoms with E-state index in [0.29, 0.717) is 6.04 Å². The van der Waals surface area contributed by atoms with Gasteiger partial charge < -0.3 is 10.2 Å². The highest BCUT2D eigenvalue weighted by Crippen LogP contribution is 2.18. The summed E-state index contributed by atoms with van der Waals surface area (Å²) in [5.41, 5.74) is 1.09. The first kappa shape index (κ1) is 11.0. The topological polar surface area (TPSA) is 33.1 Å². The van der Waals surface area contributed by atoms with Crippen LogP contribution in [0.3, 0.4) is 0 Å². The molecule has 1 N–H and O–H groups in total. The summed E-state index contributed by atoms with van der Waals surface area (Å²) < 4.78 is 2.05. The second-order valence-corrected chi connectivity index (χ2v) is 3.96. The fourth-order valence-corrected chi connectivity index (χ4v) is 1.42. The molecule has 4 heteroatoms. The normalized spacial score (nSPS) is 11.0. The van der Waals surface area contributed by atoms with E-state index in [2.05, 4.69) is 35.2 Å². The average Bonchev–Trinajstić information content (AvgIpc) is 2.49. The van der Waals surface area contributed by atoms with Crippen molar-refractivity contribution in [3.05, 3.63) is 11.8 Å². The molecule has 1 aromatic heterocycles. The van der Waals surface area contributed by atoms with E-state index in [1.165, 1.54) is 0 Å². The van der Waals surface area contributed by atoms with Crippen LogP contribution in [0.4, 0.5) is 5.82 Å². The summed E-state index contributed by atoms with van der Waals surface area (Å²) in [7, 11) is 6.02. The number of nitrogens with zero attached hydrogens (tertiary/aromatic N) is 3. The third-order valence-corrected chi connectivity index (χ3v) is 2.07. The molecule has 0 aliphatic carbocycles. The Hall–Kier alpha value is -1.03. The molecule has 0 aliphatic heterocycles. The molecule has 0 atom stereocenters. The van der Waals surface area contributed by atoms with Crippen LogP contribution in [-0.4, -0.2) is 30.9 Å². The largest absolute Gasteiger partial charge is 0.363 e. The molecule has 0 radical (unpaired) electrons. The highest BCUT2D eigenvalue weighted by Gasteiger charge is 2.10. The molecule has 1 heterocycles. The van der Waals surface area contributed by atoms with Crippen LogP contribution in [0.1, 0.15) is 25.6 Å². The molecule has 1 aromatic rings. The Bertz CT molecular complexity index is 263. The summed E-state index contributed by atoms with van der Waals surface area (Å²) in [6, 6.07) is 2.52. The van der Waals surface area contributed by atoms with Crippen molar-refractivity contribution >= 4 is 5.82 Å². The van der Waals surface area contributed by atoms with Crippen LogP contribution in [0, 0.1) is 0 Å². The van der Waals surface area contributed by atoms with Crippen molar-refractivity contribution in [2.45, 2.75) is 26.4 Å². The van der Waals surface area contributed by atoms with E-state index in [4.69, 9.17) is 0 Å². The highest BCUT2D eigenvalue weighted by molar-refractivity contribution is 5.39. The molecule has 14 heavy (non-hydrogen) atoms. The first-order valence-corrected chi connectivity index (χ1v) is 4.96. The van der Waals surface area contributed by atoms with Gasteiger partial charge in [-0.2, -0.15) is 5.10 Å². The second kappa shape index (κ2) is 4.46. The van der Waals surface area contributed by atoms with Crippen LogP contribution in [0.15, 0.2) is 6.07 Å². The van der Waals surface area contributed by atoms with Crippen molar-refractivity contribution < 1.29 is 0 Å². The molecule has 4 nitrogen and oxygen atoms in total. The van der Waals surface area contributed by atoms with Crippen LogP contribution >= 0.6 is 0 Å². The summed E-state index contributed by atoms with van der Waals surface area (Å²) in [6.45, 7) is 5.10. The van der Waals surface area contributed by atoms with Gasteiger partial charge in [0.2, 0.25) is 0 Å². The van der Waals surface area contributed by atoms with Gasteiger partial charge in [-0.05, 0) is 20.9 Å². The lowest BCUT2D eigenvalue weighted by molar-refractivity contribution is 0.524. The van der Waals surface area contributed by atoms with Crippen LogP contribution in [0.5, 0.6) is 0 Å². The van der Waals surface area contributed by atoms with Gasteiger partial charge >= 0.3 is 0 Å². The van der Waals surface area contributed by atoms with E-state index >= 15 is 0 Å². The lowest BCUT2D eigenvalue weighted by atomic mass is 10.4. The fourth-order valence-electron chi connectivity index (χ4n) is 1.42. The third kappa shape index (κ3) is 2.26. The lowest BCUT2D eigenvalue weighted by Gasteiger charge is -2.16. The minimum atomic E-state index is 0.401. The molecular weight excluding hydrogens is 176 g/mol. The molecule has 0 fully saturated rings. The Kier molecular flexibility index (Phi) is 3.52. The fraction of sp³-hybridized carbons (Fsp3) is 0.700. The summed E-state index contributed by atoms with van der Waals surface area (Å²) in [5.74, 6) is 1.16. The van der Waals surface area contributed by atoms with E-state index < -0.39 is 0 Å². The van der Waals surface area contributed by atoms with Crippen LogP contribution in [0.25, 0.3) is 0 Å². The zero-order chi connectivity index (χ0) is 10.7. The van der Waals surface area contributed by atoms with Crippen molar-refractivity contribution in [1.82, 2.24) is 15.1 Å². The Morgan fingerprint density at radius 1 is 1.50 bits per heavy atom. The van der Waals surface area contributed by atoms with Crippen molar-refractivity contribution in [3.8, 4) is 0 Å². The molecule has 0 bridgehead atoms. The maximum absolute atomic E-state index is 4.53. The summed E-state index contributed by atoms with van der Waals surface area (Å²) >= 11 is 0. The van der Waals surface area contributed by atoms with Gasteiger partial charge in [-0.1, -0.05) is 0 Å². The minimum Gasteiger partial charge on any atom is -0.363 e. The Morgan fingerprint density at radius 3 is 2.50 bits per heavy atom. The molecular formula is C10H20N4. The number of nitrogens with one attached hydrogen (secondary N) is 1. The lowest BCUT2D eigenvalue weighted by Crippen LogP contribution is -2.16. The van der Waals surface area contributed by atoms with Gasteiger partial charge in [-0.3, -0.25) is 0 Å². The van der Waals surface area contributed by atoms with E-state index in [9.17, 15) is 0 Å². The quantitative estimate of drug-likeness (QED) is 0.786. The number of rotatable bonds is 4. The second-order valence-electron chi connectivity index (χ2n) is 3.96. The van der Waals surface area contributed by atoms with Gasteiger partial charge in [-0.15, -0.1) is 0 Å². The first-order chi connectivity index (χ1) is 6.56. The van der Waals surface area contributed by atoms with Gasteiger partial charge in [0.05, 0.1) is 5.69 Å². The predicted molar refractivity (Wildman–Crippen MR) is 59.7 cm³/mol. The molecule has 0 aliphatic rings. The van der Waals surface area contributed by atoms with E-state index in [1.807, 2.05) is 25.8 Å². The standard InChI is InChI=1S/C10H20N4/c1-8(2)14-10(13(4)5)6-9(12-14)7-11-3/h6,8,11H,7H2,1-5H3. The van der Waals surface area contributed by atoms with Crippen LogP contribution < -0.4 is 10.2 Å². The zero-order valence-corrected chi connectivity index (χ0v) is 9.70. The van der Waals surface area contributed by atoms with E-state index in [1.54, 1.807) is 0 Å². The smallest absolute Gasteiger partial charge is 0.126 e. The van der Waals surface area contributed by atoms with Gasteiger partial charge in [0.25, 0.3) is 0 Å². The third-order valence-electron chi connectivity index (χ3n) is 2.07. The zero-order valence-electron chi connectivity index (χ0n) is 9.70. The molecule has 0 aromatic carbocycles.